The summed E-state index contributed by atoms with van der Waals surface area (Å²) in [6.07, 6.45) is -0.343. The number of hydrazine groups is 1. The molecule has 0 aliphatic carbocycles. The fraction of sp³-hybridized carbons (Fsp3) is 0.350. The average molecular weight is 399 g/mol. The van der Waals surface area contributed by atoms with Crippen LogP contribution in [0.25, 0.3) is 0 Å². The largest absolute Gasteiger partial charge is 0.493 e. The summed E-state index contributed by atoms with van der Waals surface area (Å²) < 4.78 is 16.2. The molecule has 2 fully saturated rings. The summed E-state index contributed by atoms with van der Waals surface area (Å²) in [6.45, 7) is 0. The van der Waals surface area contributed by atoms with Crippen molar-refractivity contribution in [3.05, 3.63) is 63.7 Å². The molecule has 2 N–H and O–H groups in total. The monoisotopic (exact) mass is 399 g/mol. The van der Waals surface area contributed by atoms with Gasteiger partial charge in [-0.1, -0.05) is 18.2 Å². The van der Waals surface area contributed by atoms with Gasteiger partial charge < -0.3 is 14.2 Å². The maximum atomic E-state index is 12.2. The molecule has 0 aromatic heterocycles. The number of esters is 1. The van der Waals surface area contributed by atoms with Gasteiger partial charge in [-0.3, -0.25) is 14.9 Å². The summed E-state index contributed by atoms with van der Waals surface area (Å²) >= 11 is 0. The number of nitrogens with zero attached hydrogens (tertiary/aromatic N) is 1. The van der Waals surface area contributed by atoms with Gasteiger partial charge >= 0.3 is 5.97 Å². The topological polar surface area (TPSA) is 112 Å². The number of benzene rings is 2. The normalized spacial score (nSPS) is 25.8. The van der Waals surface area contributed by atoms with Gasteiger partial charge in [-0.05, 0) is 23.3 Å². The zero-order chi connectivity index (χ0) is 20.5. The van der Waals surface area contributed by atoms with E-state index in [-0.39, 0.29) is 36.0 Å². The Morgan fingerprint density at radius 3 is 2.59 bits per heavy atom. The van der Waals surface area contributed by atoms with E-state index in [2.05, 4.69) is 10.9 Å². The Morgan fingerprint density at radius 2 is 1.86 bits per heavy atom. The van der Waals surface area contributed by atoms with E-state index in [1.54, 1.807) is 32.4 Å². The van der Waals surface area contributed by atoms with Crippen LogP contribution >= 0.6 is 0 Å². The summed E-state index contributed by atoms with van der Waals surface area (Å²) in [7, 11) is 3.12. The van der Waals surface area contributed by atoms with Crippen molar-refractivity contribution in [2.24, 2.45) is 5.92 Å². The Morgan fingerprint density at radius 1 is 1.07 bits per heavy atom. The summed E-state index contributed by atoms with van der Waals surface area (Å²) in [6, 6.07) is 11.8. The number of nitrogens with one attached hydrogen (secondary N) is 2. The Balaban J connectivity index is 1.73. The number of rotatable bonds is 5. The fourth-order valence-electron chi connectivity index (χ4n) is 4.16. The Kier molecular flexibility index (Phi) is 5.08. The molecule has 4 rings (SSSR count). The third-order valence-corrected chi connectivity index (χ3v) is 5.50. The van der Waals surface area contributed by atoms with Crippen LogP contribution in [0.4, 0.5) is 5.69 Å². The first-order valence-corrected chi connectivity index (χ1v) is 9.18. The number of non-ortho nitro benzene ring substituents is 1. The molecule has 0 bridgehead atoms. The summed E-state index contributed by atoms with van der Waals surface area (Å²) in [5, 5.41) is 11.2. The lowest BCUT2D eigenvalue weighted by Crippen LogP contribution is -2.42. The first-order chi connectivity index (χ1) is 14.0. The van der Waals surface area contributed by atoms with Crippen molar-refractivity contribution in [3.63, 3.8) is 0 Å². The lowest BCUT2D eigenvalue weighted by atomic mass is 9.76. The number of nitro groups is 1. The molecule has 2 aromatic carbocycles. The Labute approximate surface area is 167 Å². The minimum atomic E-state index is -0.543. The smallest absolute Gasteiger partial charge is 0.308 e. The van der Waals surface area contributed by atoms with Crippen molar-refractivity contribution < 1.29 is 23.9 Å². The fourth-order valence-corrected chi connectivity index (χ4v) is 4.16. The molecule has 2 aliphatic heterocycles. The third kappa shape index (κ3) is 3.50. The van der Waals surface area contributed by atoms with E-state index in [1.165, 1.54) is 6.07 Å². The van der Waals surface area contributed by atoms with Gasteiger partial charge in [0.25, 0.3) is 5.69 Å². The highest BCUT2D eigenvalue weighted by molar-refractivity contribution is 5.72. The molecule has 9 heteroatoms. The number of fused-ring (bicyclic) bond motifs is 1. The van der Waals surface area contributed by atoms with Crippen molar-refractivity contribution >= 4 is 11.7 Å². The quantitative estimate of drug-likeness (QED) is 0.448. The van der Waals surface area contributed by atoms with Crippen molar-refractivity contribution in [1.29, 1.82) is 0 Å². The van der Waals surface area contributed by atoms with Gasteiger partial charge in [-0.2, -0.15) is 0 Å². The predicted molar refractivity (Wildman–Crippen MR) is 102 cm³/mol. The van der Waals surface area contributed by atoms with Gasteiger partial charge in [0.15, 0.2) is 17.7 Å². The molecular formula is C20H21N3O6. The molecule has 4 unspecified atom stereocenters. The lowest BCUT2D eigenvalue weighted by molar-refractivity contribution is -0.384. The van der Waals surface area contributed by atoms with E-state index in [9.17, 15) is 14.9 Å². The first-order valence-electron chi connectivity index (χ1n) is 9.18. The zero-order valence-corrected chi connectivity index (χ0v) is 16.0. The van der Waals surface area contributed by atoms with E-state index in [1.807, 2.05) is 18.2 Å². The van der Waals surface area contributed by atoms with Crippen molar-refractivity contribution in [2.75, 3.05) is 14.2 Å². The number of carbonyl (C=O) groups is 1. The zero-order valence-electron chi connectivity index (χ0n) is 16.0. The molecule has 0 spiro atoms. The van der Waals surface area contributed by atoms with Crippen LogP contribution in [0.5, 0.6) is 11.5 Å². The van der Waals surface area contributed by atoms with Gasteiger partial charge in [0.1, 0.15) is 0 Å². The molecule has 2 saturated heterocycles. The van der Waals surface area contributed by atoms with Crippen LogP contribution in [0.1, 0.15) is 29.5 Å². The number of hydrogen-bond donors (Lipinski definition) is 2. The first kappa shape index (κ1) is 19.2. The molecule has 9 nitrogen and oxygen atoms in total. The van der Waals surface area contributed by atoms with Crippen LogP contribution in [0.2, 0.25) is 0 Å². The average Bonchev–Trinajstić information content (AvgIpc) is 3.16. The number of hydrogen-bond acceptors (Lipinski definition) is 8. The maximum absolute atomic E-state index is 12.2. The molecule has 2 heterocycles. The molecule has 0 saturated carbocycles. The van der Waals surface area contributed by atoms with Crippen LogP contribution in [0, 0.1) is 16.0 Å². The molecule has 2 aromatic rings. The Bertz CT molecular complexity index is 950. The number of carbonyl (C=O) groups excluding carboxylic acids is 1. The summed E-state index contributed by atoms with van der Waals surface area (Å²) in [5.41, 5.74) is 7.85. The van der Waals surface area contributed by atoms with Crippen LogP contribution in [0.3, 0.4) is 0 Å². The SMILES string of the molecule is COc1ccc(C2CC(=O)OC3NNC(c4cccc([N+](=O)[O-])c4)C32)cc1OC. The second-order valence-electron chi connectivity index (χ2n) is 7.03. The van der Waals surface area contributed by atoms with Gasteiger partial charge in [-0.25, -0.2) is 10.9 Å². The molecular weight excluding hydrogens is 378 g/mol. The van der Waals surface area contributed by atoms with Crippen molar-refractivity contribution in [1.82, 2.24) is 10.9 Å². The second kappa shape index (κ2) is 7.69. The standard InChI is InChI=1S/C20H21N3O6/c1-27-15-7-6-11(9-16(15)28-2)14-10-17(24)29-20-18(14)19(21-22-20)12-4-3-5-13(8-12)23(25)26/h3-9,14,18-22H,10H2,1-2H3. The highest BCUT2D eigenvalue weighted by atomic mass is 16.6. The minimum Gasteiger partial charge on any atom is -0.493 e. The van der Waals surface area contributed by atoms with E-state index in [0.29, 0.717) is 11.5 Å². The van der Waals surface area contributed by atoms with Crippen molar-refractivity contribution in [2.45, 2.75) is 24.6 Å². The van der Waals surface area contributed by atoms with Crippen LogP contribution < -0.4 is 20.3 Å². The molecule has 29 heavy (non-hydrogen) atoms. The molecule has 0 radical (unpaired) electrons. The van der Waals surface area contributed by atoms with Gasteiger partial charge in [0.2, 0.25) is 0 Å². The third-order valence-electron chi connectivity index (χ3n) is 5.50. The maximum Gasteiger partial charge on any atom is 0.308 e. The van der Waals surface area contributed by atoms with Gasteiger partial charge in [-0.15, -0.1) is 0 Å². The molecule has 152 valence electrons. The second-order valence-corrected chi connectivity index (χ2v) is 7.03. The van der Waals surface area contributed by atoms with E-state index in [0.717, 1.165) is 11.1 Å². The Hall–Kier alpha value is -3.17. The number of methoxy groups -OCH3 is 2. The van der Waals surface area contributed by atoms with Crippen LogP contribution in [-0.2, 0) is 9.53 Å². The lowest BCUT2D eigenvalue weighted by Gasteiger charge is -2.35. The minimum absolute atomic E-state index is 0.0169. The molecule has 0 amide bonds. The summed E-state index contributed by atoms with van der Waals surface area (Å²) in [4.78, 5) is 23.0. The highest BCUT2D eigenvalue weighted by Gasteiger charge is 2.48. The molecule has 2 aliphatic rings. The van der Waals surface area contributed by atoms with E-state index < -0.39 is 11.2 Å². The number of nitro benzene ring substituents is 1. The summed E-state index contributed by atoms with van der Waals surface area (Å²) in [5.74, 6) is 0.538. The van der Waals surface area contributed by atoms with Crippen molar-refractivity contribution in [3.8, 4) is 11.5 Å². The van der Waals surface area contributed by atoms with Gasteiger partial charge in [0.05, 0.1) is 31.6 Å². The van der Waals surface area contributed by atoms with E-state index in [4.69, 9.17) is 14.2 Å². The van der Waals surface area contributed by atoms with Gasteiger partial charge in [0, 0.05) is 24.0 Å². The van der Waals surface area contributed by atoms with Crippen LogP contribution in [0.15, 0.2) is 42.5 Å². The predicted octanol–water partition coefficient (Wildman–Crippen LogP) is 2.43. The highest BCUT2D eigenvalue weighted by Crippen LogP contribution is 2.46. The molecule has 4 atom stereocenters. The number of ether oxygens (including phenoxy) is 3. The van der Waals surface area contributed by atoms with Crippen LogP contribution in [-0.4, -0.2) is 31.3 Å². The van der Waals surface area contributed by atoms with E-state index >= 15 is 0 Å².